The maximum absolute atomic E-state index is 12.3. The largest absolute Gasteiger partial charge is 0.433 e. The van der Waals surface area contributed by atoms with E-state index in [9.17, 15) is 18.4 Å². The molecule has 0 radical (unpaired) electrons. The van der Waals surface area contributed by atoms with Gasteiger partial charge in [-0.15, -0.1) is 0 Å². The molecule has 0 aliphatic carbocycles. The van der Waals surface area contributed by atoms with Crippen LogP contribution < -0.4 is 15.4 Å². The summed E-state index contributed by atoms with van der Waals surface area (Å²) in [6.07, 6.45) is 0. The van der Waals surface area contributed by atoms with Crippen LogP contribution in [0.25, 0.3) is 0 Å². The number of carbonyl (C=O) groups excluding carboxylic acids is 2. The molecule has 1 fully saturated rings. The Labute approximate surface area is 126 Å². The summed E-state index contributed by atoms with van der Waals surface area (Å²) in [6.45, 7) is -0.160. The number of ether oxygens (including phenoxy) is 1. The number of benzene rings is 1. The fraction of sp³-hybridized carbons (Fsp3) is 0.429. The molecule has 1 aliphatic rings. The number of nitrogens with zero attached hydrogens (tertiary/aromatic N) is 1. The van der Waals surface area contributed by atoms with Gasteiger partial charge < -0.3 is 15.4 Å². The molecule has 8 heteroatoms. The van der Waals surface area contributed by atoms with E-state index >= 15 is 0 Å². The van der Waals surface area contributed by atoms with Crippen LogP contribution in [-0.4, -0.2) is 49.0 Å². The fourth-order valence-electron chi connectivity index (χ4n) is 2.16. The minimum Gasteiger partial charge on any atom is -0.433 e. The Morgan fingerprint density at radius 2 is 2.14 bits per heavy atom. The van der Waals surface area contributed by atoms with Crippen molar-refractivity contribution in [2.24, 2.45) is 0 Å². The van der Waals surface area contributed by atoms with Crippen molar-refractivity contribution in [1.82, 2.24) is 10.2 Å². The molecule has 0 bridgehead atoms. The van der Waals surface area contributed by atoms with Gasteiger partial charge in [-0.05, 0) is 19.1 Å². The van der Waals surface area contributed by atoms with E-state index in [0.717, 1.165) is 0 Å². The lowest BCUT2D eigenvalue weighted by Crippen LogP contribution is -2.53. The van der Waals surface area contributed by atoms with E-state index in [-0.39, 0.29) is 29.8 Å². The van der Waals surface area contributed by atoms with Crippen LogP contribution >= 0.6 is 0 Å². The van der Waals surface area contributed by atoms with Crippen molar-refractivity contribution in [3.8, 4) is 5.75 Å². The molecular weight excluding hydrogens is 296 g/mol. The molecule has 1 aliphatic heterocycles. The molecule has 1 saturated heterocycles. The lowest BCUT2D eigenvalue weighted by atomic mass is 10.2. The third-order valence-corrected chi connectivity index (χ3v) is 3.36. The Hall–Kier alpha value is -2.22. The summed E-state index contributed by atoms with van der Waals surface area (Å²) >= 11 is 0. The number of nitrogens with one attached hydrogen (secondary N) is 2. The number of halogens is 2. The Morgan fingerprint density at radius 1 is 1.41 bits per heavy atom. The molecule has 1 aromatic rings. The molecule has 2 amide bonds. The molecule has 1 heterocycles. The molecule has 0 spiro atoms. The Morgan fingerprint density at radius 3 is 2.82 bits per heavy atom. The normalized spacial score (nSPS) is 17.0. The number of piperazine rings is 1. The molecule has 1 atom stereocenters. The van der Waals surface area contributed by atoms with E-state index in [1.807, 2.05) is 0 Å². The van der Waals surface area contributed by atoms with Crippen molar-refractivity contribution in [2.45, 2.75) is 19.6 Å². The van der Waals surface area contributed by atoms with Gasteiger partial charge in [-0.2, -0.15) is 8.78 Å². The lowest BCUT2D eigenvalue weighted by Gasteiger charge is -2.31. The highest BCUT2D eigenvalue weighted by Crippen LogP contribution is 2.25. The van der Waals surface area contributed by atoms with Crippen LogP contribution in [0.4, 0.5) is 14.5 Å². The summed E-state index contributed by atoms with van der Waals surface area (Å²) in [7, 11) is 0. The van der Waals surface area contributed by atoms with Crippen LogP contribution in [0.5, 0.6) is 5.75 Å². The highest BCUT2D eigenvalue weighted by atomic mass is 19.3. The molecule has 0 aromatic heterocycles. The van der Waals surface area contributed by atoms with E-state index in [1.54, 1.807) is 17.9 Å². The summed E-state index contributed by atoms with van der Waals surface area (Å²) in [5.41, 5.74) is 0.168. The van der Waals surface area contributed by atoms with Crippen molar-refractivity contribution in [1.29, 1.82) is 0 Å². The zero-order chi connectivity index (χ0) is 16.1. The fourth-order valence-corrected chi connectivity index (χ4v) is 2.16. The first-order chi connectivity index (χ1) is 10.5. The molecule has 2 N–H and O–H groups in total. The monoisotopic (exact) mass is 313 g/mol. The van der Waals surface area contributed by atoms with Crippen molar-refractivity contribution in [3.05, 3.63) is 24.3 Å². The van der Waals surface area contributed by atoms with Gasteiger partial charge in [0.15, 0.2) is 0 Å². The average molecular weight is 313 g/mol. The number of carbonyl (C=O) groups is 2. The molecule has 6 nitrogen and oxygen atoms in total. The van der Waals surface area contributed by atoms with Gasteiger partial charge in [0.05, 0.1) is 18.3 Å². The van der Waals surface area contributed by atoms with E-state index in [4.69, 9.17) is 0 Å². The topological polar surface area (TPSA) is 70.7 Å². The van der Waals surface area contributed by atoms with E-state index in [1.165, 1.54) is 18.2 Å². The molecule has 1 aromatic carbocycles. The van der Waals surface area contributed by atoms with Gasteiger partial charge in [0.1, 0.15) is 5.75 Å². The van der Waals surface area contributed by atoms with Gasteiger partial charge in [0.2, 0.25) is 11.8 Å². The quantitative estimate of drug-likeness (QED) is 0.852. The number of hydrogen-bond donors (Lipinski definition) is 2. The van der Waals surface area contributed by atoms with Crippen molar-refractivity contribution < 1.29 is 23.1 Å². The van der Waals surface area contributed by atoms with E-state index in [2.05, 4.69) is 15.4 Å². The molecule has 1 unspecified atom stereocenters. The molecule has 22 heavy (non-hydrogen) atoms. The zero-order valence-electron chi connectivity index (χ0n) is 12.0. The van der Waals surface area contributed by atoms with Crippen LogP contribution in [0.3, 0.4) is 0 Å². The second kappa shape index (κ2) is 7.17. The maximum atomic E-state index is 12.3. The van der Waals surface area contributed by atoms with Crippen LogP contribution in [0.15, 0.2) is 24.3 Å². The number of hydrogen-bond acceptors (Lipinski definition) is 4. The van der Waals surface area contributed by atoms with Crippen molar-refractivity contribution >= 4 is 17.5 Å². The Bertz CT molecular complexity index is 554. The van der Waals surface area contributed by atoms with Gasteiger partial charge in [-0.1, -0.05) is 12.1 Å². The summed E-state index contributed by atoms with van der Waals surface area (Å²) in [5.74, 6) is -0.637. The first-order valence-corrected chi connectivity index (χ1v) is 6.83. The second-order valence-electron chi connectivity index (χ2n) is 4.86. The van der Waals surface area contributed by atoms with Crippen LogP contribution in [-0.2, 0) is 9.59 Å². The highest BCUT2D eigenvalue weighted by molar-refractivity contribution is 5.96. The molecule has 2 rings (SSSR count). The van der Waals surface area contributed by atoms with Crippen LogP contribution in [0.1, 0.15) is 6.92 Å². The number of para-hydroxylation sites is 2. The first-order valence-electron chi connectivity index (χ1n) is 6.83. The van der Waals surface area contributed by atoms with Gasteiger partial charge in [-0.25, -0.2) is 0 Å². The van der Waals surface area contributed by atoms with Crippen LogP contribution in [0, 0.1) is 0 Å². The molecule has 120 valence electrons. The molecule has 0 saturated carbocycles. The number of anilines is 1. The van der Waals surface area contributed by atoms with Gasteiger partial charge in [0.25, 0.3) is 0 Å². The SMILES string of the molecule is CC(C(=O)Nc1ccccc1OC(F)F)N1CCNC(=O)C1. The minimum absolute atomic E-state index is 0.102. The first kappa shape index (κ1) is 16.2. The second-order valence-corrected chi connectivity index (χ2v) is 4.86. The van der Waals surface area contributed by atoms with Gasteiger partial charge in [0, 0.05) is 13.1 Å². The smallest absolute Gasteiger partial charge is 0.387 e. The number of amides is 2. The van der Waals surface area contributed by atoms with Crippen LogP contribution in [0.2, 0.25) is 0 Å². The predicted molar refractivity (Wildman–Crippen MR) is 75.7 cm³/mol. The van der Waals surface area contributed by atoms with Crippen molar-refractivity contribution in [3.63, 3.8) is 0 Å². The van der Waals surface area contributed by atoms with Gasteiger partial charge in [-0.3, -0.25) is 14.5 Å². The highest BCUT2D eigenvalue weighted by Gasteiger charge is 2.26. The Balaban J connectivity index is 2.03. The number of rotatable bonds is 5. The predicted octanol–water partition coefficient (Wildman–Crippen LogP) is 1.05. The number of alkyl halides is 2. The summed E-state index contributed by atoms with van der Waals surface area (Å²) in [5, 5.41) is 5.23. The summed E-state index contributed by atoms with van der Waals surface area (Å²) in [6, 6.07) is 5.40. The lowest BCUT2D eigenvalue weighted by molar-refractivity contribution is -0.127. The summed E-state index contributed by atoms with van der Waals surface area (Å²) < 4.78 is 29.0. The molecular formula is C14H17F2N3O3. The third kappa shape index (κ3) is 4.14. The summed E-state index contributed by atoms with van der Waals surface area (Å²) in [4.78, 5) is 25.3. The Kier molecular flexibility index (Phi) is 5.26. The standard InChI is InChI=1S/C14H17F2N3O3/c1-9(19-7-6-17-12(20)8-19)13(21)18-10-4-2-3-5-11(10)22-14(15)16/h2-5,9,14H,6-8H2,1H3,(H,17,20)(H,18,21). The van der Waals surface area contributed by atoms with Gasteiger partial charge >= 0.3 is 6.61 Å². The maximum Gasteiger partial charge on any atom is 0.387 e. The van der Waals surface area contributed by atoms with E-state index < -0.39 is 12.7 Å². The van der Waals surface area contributed by atoms with E-state index in [0.29, 0.717) is 13.1 Å². The average Bonchev–Trinajstić information content (AvgIpc) is 2.48. The zero-order valence-corrected chi connectivity index (χ0v) is 12.0. The minimum atomic E-state index is -2.97. The van der Waals surface area contributed by atoms with Crippen molar-refractivity contribution in [2.75, 3.05) is 25.0 Å². The third-order valence-electron chi connectivity index (χ3n) is 3.36.